The van der Waals surface area contributed by atoms with E-state index in [1.54, 1.807) is 66.9 Å². The van der Waals surface area contributed by atoms with Crippen molar-refractivity contribution in [3.05, 3.63) is 120 Å². The smallest absolute Gasteiger partial charge is 0.300 e. The number of rotatable bonds is 6. The number of ether oxygens (including phenoxy) is 3. The fourth-order valence-electron chi connectivity index (χ4n) is 4.71. The second-order valence-electron chi connectivity index (χ2n) is 9.05. The summed E-state index contributed by atoms with van der Waals surface area (Å²) in [6, 6.07) is 25.9. The zero-order valence-electron chi connectivity index (χ0n) is 20.8. The molecule has 0 radical (unpaired) electrons. The van der Waals surface area contributed by atoms with E-state index in [1.165, 1.54) is 4.90 Å². The Hall–Kier alpha value is -5.11. The van der Waals surface area contributed by atoms with Crippen molar-refractivity contribution < 1.29 is 28.9 Å². The largest absolute Gasteiger partial charge is 0.507 e. The van der Waals surface area contributed by atoms with Crippen LogP contribution in [0, 0.1) is 0 Å². The van der Waals surface area contributed by atoms with Crippen molar-refractivity contribution in [1.82, 2.24) is 4.98 Å². The molecule has 0 saturated carbocycles. The highest BCUT2D eigenvalue weighted by molar-refractivity contribution is 6.51. The first-order valence-electron chi connectivity index (χ1n) is 12.5. The van der Waals surface area contributed by atoms with Gasteiger partial charge in [-0.05, 0) is 60.2 Å². The van der Waals surface area contributed by atoms with Crippen molar-refractivity contribution in [2.75, 3.05) is 18.1 Å². The Kier molecular flexibility index (Phi) is 6.42. The summed E-state index contributed by atoms with van der Waals surface area (Å²) in [7, 11) is 0. The van der Waals surface area contributed by atoms with E-state index in [0.29, 0.717) is 54.0 Å². The molecular formula is C31H24N2O6. The Morgan fingerprint density at radius 2 is 1.64 bits per heavy atom. The second-order valence-corrected chi connectivity index (χ2v) is 9.05. The number of amides is 1. The van der Waals surface area contributed by atoms with Crippen molar-refractivity contribution in [1.29, 1.82) is 0 Å². The van der Waals surface area contributed by atoms with Crippen LogP contribution in [0.2, 0.25) is 0 Å². The molecule has 3 aromatic carbocycles. The van der Waals surface area contributed by atoms with Gasteiger partial charge >= 0.3 is 0 Å². The molecule has 8 heteroatoms. The summed E-state index contributed by atoms with van der Waals surface area (Å²) < 4.78 is 17.1. The van der Waals surface area contributed by atoms with Gasteiger partial charge in [-0.15, -0.1) is 0 Å². The maximum atomic E-state index is 13.4. The second kappa shape index (κ2) is 10.3. The van der Waals surface area contributed by atoms with Crippen molar-refractivity contribution in [3.63, 3.8) is 0 Å². The number of hydrogen-bond acceptors (Lipinski definition) is 7. The number of aliphatic hydroxyl groups is 1. The highest BCUT2D eigenvalue weighted by Crippen LogP contribution is 2.43. The van der Waals surface area contributed by atoms with Crippen LogP contribution in [-0.2, 0) is 16.2 Å². The first-order valence-corrected chi connectivity index (χ1v) is 12.5. The molecule has 1 fully saturated rings. The molecule has 8 nitrogen and oxygen atoms in total. The third-order valence-electron chi connectivity index (χ3n) is 6.59. The molecule has 0 spiro atoms. The lowest BCUT2D eigenvalue weighted by molar-refractivity contribution is -0.132. The molecule has 1 unspecified atom stereocenters. The van der Waals surface area contributed by atoms with Crippen LogP contribution in [0.5, 0.6) is 17.2 Å². The van der Waals surface area contributed by atoms with E-state index < -0.39 is 17.7 Å². The van der Waals surface area contributed by atoms with Crippen molar-refractivity contribution in [2.24, 2.45) is 0 Å². The zero-order chi connectivity index (χ0) is 26.8. The summed E-state index contributed by atoms with van der Waals surface area (Å²) in [5.74, 6) is -0.254. The monoisotopic (exact) mass is 520 g/mol. The third-order valence-corrected chi connectivity index (χ3v) is 6.59. The van der Waals surface area contributed by atoms with E-state index in [2.05, 4.69) is 4.98 Å². The van der Waals surface area contributed by atoms with Crippen LogP contribution in [0.4, 0.5) is 5.69 Å². The lowest BCUT2D eigenvalue weighted by Gasteiger charge is -2.25. The molecule has 1 N–H and O–H groups in total. The summed E-state index contributed by atoms with van der Waals surface area (Å²) in [6.45, 7) is 1.20. The van der Waals surface area contributed by atoms with Gasteiger partial charge in [-0.1, -0.05) is 36.4 Å². The van der Waals surface area contributed by atoms with Gasteiger partial charge in [-0.3, -0.25) is 19.5 Å². The Balaban J connectivity index is 1.36. The van der Waals surface area contributed by atoms with Crippen molar-refractivity contribution >= 4 is 23.1 Å². The number of benzene rings is 3. The molecule has 6 rings (SSSR count). The number of pyridine rings is 1. The predicted octanol–water partition coefficient (Wildman–Crippen LogP) is 5.06. The molecule has 39 heavy (non-hydrogen) atoms. The van der Waals surface area contributed by atoms with Crippen LogP contribution >= 0.6 is 0 Å². The molecule has 3 heterocycles. The Morgan fingerprint density at radius 1 is 0.897 bits per heavy atom. The molecule has 194 valence electrons. The molecule has 1 aromatic heterocycles. The van der Waals surface area contributed by atoms with Gasteiger partial charge in [0.2, 0.25) is 0 Å². The molecule has 1 amide bonds. The lowest BCUT2D eigenvalue weighted by atomic mass is 9.98. The molecule has 2 aliphatic rings. The number of carbonyl (C=O) groups is 2. The Bertz CT molecular complexity index is 1550. The average Bonchev–Trinajstić information content (AvgIpc) is 3.26. The maximum Gasteiger partial charge on any atom is 0.300 e. The summed E-state index contributed by atoms with van der Waals surface area (Å²) >= 11 is 0. The van der Waals surface area contributed by atoms with Crippen LogP contribution in [0.25, 0.3) is 5.76 Å². The predicted molar refractivity (Wildman–Crippen MR) is 144 cm³/mol. The number of fused-ring (bicyclic) bond motifs is 1. The van der Waals surface area contributed by atoms with Gasteiger partial charge in [0.1, 0.15) is 37.4 Å². The normalized spacial score (nSPS) is 17.7. The first kappa shape index (κ1) is 24.2. The van der Waals surface area contributed by atoms with Gasteiger partial charge in [0, 0.05) is 17.4 Å². The van der Waals surface area contributed by atoms with E-state index in [-0.39, 0.29) is 11.3 Å². The minimum atomic E-state index is -0.935. The number of aromatic nitrogens is 1. The summed E-state index contributed by atoms with van der Waals surface area (Å²) in [5.41, 5.74) is 2.23. The zero-order valence-corrected chi connectivity index (χ0v) is 20.8. The molecule has 0 aliphatic carbocycles. The summed E-state index contributed by atoms with van der Waals surface area (Å²) in [6.07, 6.45) is 1.58. The number of nitrogens with zero attached hydrogens (tertiary/aromatic N) is 2. The fourth-order valence-corrected chi connectivity index (χ4v) is 4.71. The van der Waals surface area contributed by atoms with Gasteiger partial charge in [0.05, 0.1) is 11.3 Å². The lowest BCUT2D eigenvalue weighted by Crippen LogP contribution is -2.29. The summed E-state index contributed by atoms with van der Waals surface area (Å²) in [5, 5.41) is 11.4. The quantitative estimate of drug-likeness (QED) is 0.216. The van der Waals surface area contributed by atoms with Gasteiger partial charge in [0.15, 0.2) is 11.5 Å². The van der Waals surface area contributed by atoms with Gasteiger partial charge in [-0.2, -0.15) is 0 Å². The minimum Gasteiger partial charge on any atom is -0.507 e. The van der Waals surface area contributed by atoms with Crippen molar-refractivity contribution in [3.8, 4) is 17.2 Å². The van der Waals surface area contributed by atoms with Crippen LogP contribution in [-0.4, -0.2) is 35.0 Å². The molecule has 4 aromatic rings. The first-order chi connectivity index (χ1) is 19.1. The highest BCUT2D eigenvalue weighted by Gasteiger charge is 2.47. The highest BCUT2D eigenvalue weighted by atomic mass is 16.6. The van der Waals surface area contributed by atoms with E-state index >= 15 is 0 Å². The number of hydrogen-bond donors (Lipinski definition) is 1. The van der Waals surface area contributed by atoms with Gasteiger partial charge in [-0.25, -0.2) is 0 Å². The molecule has 1 atom stereocenters. The Labute approximate surface area is 224 Å². The van der Waals surface area contributed by atoms with Gasteiger partial charge in [0.25, 0.3) is 11.7 Å². The van der Waals surface area contributed by atoms with Crippen LogP contribution in [0.1, 0.15) is 22.9 Å². The standard InChI is InChI=1S/C31H24N2O6/c34-29(21-9-14-25-26(18-21)38-17-16-37-25)27-28(24-8-4-5-15-32-24)33(31(36)30(27)35)22-10-12-23(13-11-22)39-19-20-6-2-1-3-7-20/h1-15,18,28,34H,16-17,19H2/b29-27-. The fraction of sp³-hybridized carbons (Fsp3) is 0.129. The van der Waals surface area contributed by atoms with Crippen molar-refractivity contribution in [2.45, 2.75) is 12.6 Å². The van der Waals surface area contributed by atoms with E-state index in [9.17, 15) is 14.7 Å². The molecular weight excluding hydrogens is 496 g/mol. The SMILES string of the molecule is O=C1C(=O)N(c2ccc(OCc3ccccc3)cc2)C(c2ccccn2)/C1=C(/O)c1ccc2c(c1)OCCO2. The van der Waals surface area contributed by atoms with E-state index in [4.69, 9.17) is 14.2 Å². The number of carbonyl (C=O) groups excluding carboxylic acids is 2. The average molecular weight is 521 g/mol. The van der Waals surface area contributed by atoms with E-state index in [0.717, 1.165) is 5.56 Å². The number of ketones is 1. The van der Waals surface area contributed by atoms with Crippen LogP contribution in [0.3, 0.4) is 0 Å². The molecule has 1 saturated heterocycles. The number of anilines is 1. The molecule has 2 aliphatic heterocycles. The number of Topliss-reactive ketones (excluding diaryl/α,β-unsaturated/α-hetero) is 1. The summed E-state index contributed by atoms with van der Waals surface area (Å²) in [4.78, 5) is 32.6. The minimum absolute atomic E-state index is 0.0558. The maximum absolute atomic E-state index is 13.4. The topological polar surface area (TPSA) is 98.2 Å². The van der Waals surface area contributed by atoms with E-state index in [1.807, 2.05) is 30.3 Å². The third kappa shape index (κ3) is 4.68. The van der Waals surface area contributed by atoms with Crippen LogP contribution in [0.15, 0.2) is 103 Å². The van der Waals surface area contributed by atoms with Gasteiger partial charge < -0.3 is 19.3 Å². The van der Waals surface area contributed by atoms with Crippen LogP contribution < -0.4 is 19.1 Å². The Morgan fingerprint density at radius 3 is 2.38 bits per heavy atom. The molecule has 0 bridgehead atoms. The number of aliphatic hydroxyl groups excluding tert-OH is 1.